The van der Waals surface area contributed by atoms with Crippen LogP contribution in [-0.2, 0) is 0 Å². The van der Waals surface area contributed by atoms with Gasteiger partial charge in [0.05, 0.1) is 53.3 Å². The molecule has 0 bridgehead atoms. The summed E-state index contributed by atoms with van der Waals surface area (Å²) < 4.78 is 17.0. The Balaban J connectivity index is 0.00000380. The highest BCUT2D eigenvalue weighted by molar-refractivity contribution is 6.37. The molecule has 0 radical (unpaired) electrons. The summed E-state index contributed by atoms with van der Waals surface area (Å²) in [6.07, 6.45) is 2.44. The summed E-state index contributed by atoms with van der Waals surface area (Å²) >= 11 is 12.6. The van der Waals surface area contributed by atoms with Crippen LogP contribution in [0.3, 0.4) is 0 Å². The third-order valence-corrected chi connectivity index (χ3v) is 6.86. The molecule has 9 nitrogen and oxygen atoms in total. The molecule has 0 saturated carbocycles. The van der Waals surface area contributed by atoms with Crippen LogP contribution in [0.2, 0.25) is 10.0 Å². The number of rotatable bonds is 9. The molecule has 1 aliphatic heterocycles. The number of nitrogens with one attached hydrogen (secondary N) is 1. The first-order valence-corrected chi connectivity index (χ1v) is 12.4. The molecule has 198 valence electrons. The maximum atomic E-state index is 9.75. The van der Waals surface area contributed by atoms with Crippen molar-refractivity contribution in [3.8, 4) is 23.3 Å². The zero-order valence-corrected chi connectivity index (χ0v) is 22.6. The van der Waals surface area contributed by atoms with Gasteiger partial charge in [-0.3, -0.25) is 4.98 Å². The smallest absolute Gasteiger partial charge is 0.163 e. The van der Waals surface area contributed by atoms with Gasteiger partial charge in [-0.15, -0.1) is 0 Å². The molecule has 2 aromatic carbocycles. The number of likely N-dealkylation sites (N-methyl/N-ethyl adjacent to an activating group) is 1. The second-order valence-corrected chi connectivity index (χ2v) is 9.43. The molecule has 0 aliphatic carbocycles. The summed E-state index contributed by atoms with van der Waals surface area (Å²) in [7, 11) is 5.27. The highest BCUT2D eigenvalue weighted by Gasteiger charge is 2.17. The molecule has 11 heteroatoms. The van der Waals surface area contributed by atoms with Gasteiger partial charge in [-0.1, -0.05) is 23.2 Å². The van der Waals surface area contributed by atoms with Gasteiger partial charge in [-0.25, -0.2) is 0 Å². The lowest BCUT2D eigenvalue weighted by Gasteiger charge is -2.32. The number of pyridine rings is 1. The van der Waals surface area contributed by atoms with Gasteiger partial charge < -0.3 is 34.8 Å². The quantitative estimate of drug-likeness (QED) is 0.393. The maximum Gasteiger partial charge on any atom is 0.163 e. The van der Waals surface area contributed by atoms with Crippen molar-refractivity contribution in [2.45, 2.75) is 6.42 Å². The van der Waals surface area contributed by atoms with Crippen LogP contribution in [0.25, 0.3) is 10.9 Å². The van der Waals surface area contributed by atoms with Gasteiger partial charge in [0.1, 0.15) is 11.8 Å². The van der Waals surface area contributed by atoms with Crippen molar-refractivity contribution < 1.29 is 19.7 Å². The molecule has 3 N–H and O–H groups in total. The minimum atomic E-state index is 0. The number of ether oxygens (including phenoxy) is 3. The van der Waals surface area contributed by atoms with Crippen LogP contribution >= 0.6 is 23.2 Å². The molecule has 1 fully saturated rings. The number of nitriles is 1. The van der Waals surface area contributed by atoms with Gasteiger partial charge in [-0.05, 0) is 25.6 Å². The number of anilines is 2. The van der Waals surface area contributed by atoms with Crippen molar-refractivity contribution in [3.63, 3.8) is 0 Å². The largest absolute Gasteiger partial charge is 0.495 e. The number of aromatic nitrogens is 1. The lowest BCUT2D eigenvalue weighted by molar-refractivity contribution is 0.145. The lowest BCUT2D eigenvalue weighted by Crippen LogP contribution is -2.44. The Hall–Kier alpha value is -3.00. The average molecular weight is 548 g/mol. The van der Waals surface area contributed by atoms with Crippen LogP contribution in [0, 0.1) is 11.3 Å². The number of hydrogen-bond donors (Lipinski definition) is 1. The van der Waals surface area contributed by atoms with Gasteiger partial charge >= 0.3 is 0 Å². The predicted octanol–water partition coefficient (Wildman–Crippen LogP) is 4.37. The molecule has 1 aliphatic rings. The molecule has 0 amide bonds. The molecule has 3 aromatic rings. The molecule has 2 heterocycles. The first-order chi connectivity index (χ1) is 17.4. The molecule has 0 spiro atoms. The number of methoxy groups -OCH3 is 2. The summed E-state index contributed by atoms with van der Waals surface area (Å²) in [5, 5.41) is 14.5. The zero-order chi connectivity index (χ0) is 25.7. The van der Waals surface area contributed by atoms with E-state index in [-0.39, 0.29) is 5.48 Å². The Labute approximate surface area is 226 Å². The number of halogens is 2. The monoisotopic (exact) mass is 547 g/mol. The summed E-state index contributed by atoms with van der Waals surface area (Å²) in [5.41, 5.74) is 2.11. The van der Waals surface area contributed by atoms with E-state index >= 15 is 0 Å². The fourth-order valence-electron chi connectivity index (χ4n) is 4.15. The van der Waals surface area contributed by atoms with E-state index in [1.807, 2.05) is 12.1 Å². The summed E-state index contributed by atoms with van der Waals surface area (Å²) in [6.45, 7) is 5.92. The Morgan fingerprint density at radius 3 is 2.41 bits per heavy atom. The molecule has 4 rings (SSSR count). The molecule has 1 aromatic heterocycles. The molecule has 0 unspecified atom stereocenters. The fraction of sp³-hybridized carbons (Fsp3) is 0.385. The summed E-state index contributed by atoms with van der Waals surface area (Å²) in [4.78, 5) is 9.28. The van der Waals surface area contributed by atoms with E-state index < -0.39 is 0 Å². The summed E-state index contributed by atoms with van der Waals surface area (Å²) in [5.74, 6) is 1.63. The second-order valence-electron chi connectivity index (χ2n) is 8.62. The number of benzene rings is 2. The van der Waals surface area contributed by atoms with E-state index in [1.165, 1.54) is 13.3 Å². The third-order valence-electron chi connectivity index (χ3n) is 6.25. The highest BCUT2D eigenvalue weighted by Crippen LogP contribution is 2.40. The van der Waals surface area contributed by atoms with Gasteiger partial charge in [0.2, 0.25) is 0 Å². The third kappa shape index (κ3) is 6.66. The highest BCUT2D eigenvalue weighted by atomic mass is 35.5. The number of hydrogen-bond acceptors (Lipinski definition) is 8. The predicted molar refractivity (Wildman–Crippen MR) is 147 cm³/mol. The van der Waals surface area contributed by atoms with E-state index in [1.54, 1.807) is 19.2 Å². The molecule has 0 atom stereocenters. The second kappa shape index (κ2) is 13.0. The van der Waals surface area contributed by atoms with Crippen LogP contribution in [0.1, 0.15) is 12.0 Å². The van der Waals surface area contributed by atoms with Crippen molar-refractivity contribution in [2.75, 3.05) is 65.9 Å². The SMILES string of the molecule is COc1cc(Nc2c(C#N)cnc3cc(OCCCN4CCN(C)CC4)c(OC)cc23)c(Cl)cc1Cl.O. The first kappa shape index (κ1) is 28.6. The fourth-order valence-corrected chi connectivity index (χ4v) is 4.66. The van der Waals surface area contributed by atoms with Crippen molar-refractivity contribution in [2.24, 2.45) is 0 Å². The average Bonchev–Trinajstić information content (AvgIpc) is 2.88. The number of fused-ring (bicyclic) bond motifs is 1. The molecule has 37 heavy (non-hydrogen) atoms. The van der Waals surface area contributed by atoms with Gasteiger partial charge in [-0.2, -0.15) is 5.26 Å². The van der Waals surface area contributed by atoms with Crippen LogP contribution < -0.4 is 19.5 Å². The van der Waals surface area contributed by atoms with Crippen LogP contribution in [0.15, 0.2) is 30.5 Å². The Morgan fingerprint density at radius 2 is 1.73 bits per heavy atom. The van der Waals surface area contributed by atoms with Crippen molar-refractivity contribution in [1.29, 1.82) is 5.26 Å². The van der Waals surface area contributed by atoms with Crippen molar-refractivity contribution >= 4 is 45.5 Å². The maximum absolute atomic E-state index is 9.75. The minimum Gasteiger partial charge on any atom is -0.495 e. The van der Waals surface area contributed by atoms with Gasteiger partial charge in [0.15, 0.2) is 11.5 Å². The standard InChI is InChI=1S/C26H29Cl2N5O3.H2O/c1-32-6-8-33(9-7-32)5-4-10-36-25-13-21-18(11-24(25)35-3)26(17(15-29)16-30-21)31-22-14-23(34-2)20(28)12-19(22)27;/h11-14,16H,4-10H2,1-3H3,(H,30,31);1H2. The van der Waals surface area contributed by atoms with Crippen LogP contribution in [0.5, 0.6) is 17.2 Å². The lowest BCUT2D eigenvalue weighted by atomic mass is 10.1. The van der Waals surface area contributed by atoms with E-state index in [0.717, 1.165) is 39.1 Å². The van der Waals surface area contributed by atoms with Crippen LogP contribution in [-0.4, -0.2) is 80.9 Å². The first-order valence-electron chi connectivity index (χ1n) is 11.7. The topological polar surface area (TPSA) is 114 Å². The number of piperazine rings is 1. The van der Waals surface area contributed by atoms with Crippen LogP contribution in [0.4, 0.5) is 11.4 Å². The molecule has 1 saturated heterocycles. The van der Waals surface area contributed by atoms with E-state index in [9.17, 15) is 5.26 Å². The van der Waals surface area contributed by atoms with E-state index in [2.05, 4.69) is 33.2 Å². The summed E-state index contributed by atoms with van der Waals surface area (Å²) in [6, 6.07) is 9.12. The van der Waals surface area contributed by atoms with E-state index in [0.29, 0.717) is 61.7 Å². The Morgan fingerprint density at radius 1 is 1.00 bits per heavy atom. The van der Waals surface area contributed by atoms with E-state index in [4.69, 9.17) is 37.4 Å². The minimum absolute atomic E-state index is 0. The zero-order valence-electron chi connectivity index (χ0n) is 21.1. The normalized spacial score (nSPS) is 14.1. The van der Waals surface area contributed by atoms with Gasteiger partial charge in [0.25, 0.3) is 0 Å². The van der Waals surface area contributed by atoms with Gasteiger partial charge in [0, 0.05) is 56.4 Å². The Kier molecular flexibility index (Phi) is 10.0. The Bertz CT molecular complexity index is 1280. The van der Waals surface area contributed by atoms with Crippen molar-refractivity contribution in [1.82, 2.24) is 14.8 Å². The molecular formula is C26H31Cl2N5O4. The number of nitrogens with zero attached hydrogens (tertiary/aromatic N) is 4. The molecular weight excluding hydrogens is 517 g/mol. The van der Waals surface area contributed by atoms with Crippen molar-refractivity contribution in [3.05, 3.63) is 46.1 Å².